The SMILES string of the molecule is CC[C@H]1O[C@@H](n2ccc(=O)n(CCOCCOCCOC)c2=O)C(OC(=O)c2ccccc2)C1OP(=O)(Oc1ccc(COC(=O)ON2C(=O)CCC2=O)cc1)OC(C)C. The van der Waals surface area contributed by atoms with E-state index >= 15 is 0 Å². The van der Waals surface area contributed by atoms with E-state index in [1.165, 1.54) is 42.6 Å². The molecule has 0 N–H and O–H groups in total. The molecule has 0 radical (unpaired) electrons. The summed E-state index contributed by atoms with van der Waals surface area (Å²) < 4.78 is 67.5. The maximum Gasteiger partial charge on any atom is 0.534 e. The Labute approximate surface area is 344 Å². The first-order chi connectivity index (χ1) is 28.8. The van der Waals surface area contributed by atoms with Gasteiger partial charge in [0.05, 0.1) is 57.4 Å². The molecular formula is C39H48N3O17P. The van der Waals surface area contributed by atoms with Crippen molar-refractivity contribution in [1.29, 1.82) is 0 Å². The lowest BCUT2D eigenvalue weighted by Crippen LogP contribution is -2.45. The first-order valence-corrected chi connectivity index (χ1v) is 20.6. The van der Waals surface area contributed by atoms with E-state index in [0.29, 0.717) is 23.8 Å². The number of hydrogen-bond donors (Lipinski definition) is 0. The van der Waals surface area contributed by atoms with Crippen molar-refractivity contribution in [2.45, 2.75) is 83.8 Å². The van der Waals surface area contributed by atoms with Crippen molar-refractivity contribution in [3.8, 4) is 5.75 Å². The number of rotatable bonds is 22. The van der Waals surface area contributed by atoms with Gasteiger partial charge in [0.15, 0.2) is 12.3 Å². The summed E-state index contributed by atoms with van der Waals surface area (Å²) in [6, 6.07) is 14.9. The minimum absolute atomic E-state index is 0.00470. The fraction of sp³-hybridized carbons (Fsp3) is 0.487. The number of nitrogens with zero attached hydrogens (tertiary/aromatic N) is 3. The molecule has 20 nitrogen and oxygen atoms in total. The minimum atomic E-state index is -4.63. The van der Waals surface area contributed by atoms with E-state index in [1.54, 1.807) is 46.1 Å². The summed E-state index contributed by atoms with van der Waals surface area (Å²) in [7, 11) is -3.07. The summed E-state index contributed by atoms with van der Waals surface area (Å²) in [5, 5.41) is 0.359. The molecule has 2 aliphatic rings. The van der Waals surface area contributed by atoms with Gasteiger partial charge < -0.3 is 32.9 Å². The predicted molar refractivity (Wildman–Crippen MR) is 206 cm³/mol. The quantitative estimate of drug-likeness (QED) is 0.0604. The molecule has 3 unspecified atom stereocenters. The lowest BCUT2D eigenvalue weighted by Gasteiger charge is -2.28. The first-order valence-electron chi connectivity index (χ1n) is 19.2. The van der Waals surface area contributed by atoms with Crippen LogP contribution >= 0.6 is 7.82 Å². The monoisotopic (exact) mass is 861 g/mol. The number of hydroxylamine groups is 2. The number of imide groups is 1. The fourth-order valence-electron chi connectivity index (χ4n) is 5.98. The number of esters is 1. The van der Waals surface area contributed by atoms with Gasteiger partial charge in [-0.25, -0.2) is 18.9 Å². The summed E-state index contributed by atoms with van der Waals surface area (Å²) >= 11 is 0. The molecule has 5 atom stereocenters. The summed E-state index contributed by atoms with van der Waals surface area (Å²) in [6.07, 6.45) is -5.80. The van der Waals surface area contributed by atoms with Gasteiger partial charge in [-0.15, -0.1) is 0 Å². The molecule has 2 saturated heterocycles. The van der Waals surface area contributed by atoms with Gasteiger partial charge in [0.1, 0.15) is 18.5 Å². The number of amides is 2. The molecule has 5 rings (SSSR count). The number of benzene rings is 2. The van der Waals surface area contributed by atoms with Crippen LogP contribution in [-0.4, -0.2) is 103 Å². The smallest absolute Gasteiger partial charge is 0.451 e. The topological polar surface area (TPSA) is 225 Å². The predicted octanol–water partition coefficient (Wildman–Crippen LogP) is 3.94. The van der Waals surface area contributed by atoms with E-state index in [-0.39, 0.29) is 63.5 Å². The average Bonchev–Trinajstić information content (AvgIpc) is 3.72. The zero-order valence-electron chi connectivity index (χ0n) is 33.5. The van der Waals surface area contributed by atoms with Crippen molar-refractivity contribution in [3.63, 3.8) is 0 Å². The molecule has 2 amide bonds. The van der Waals surface area contributed by atoms with E-state index in [9.17, 15) is 33.3 Å². The van der Waals surface area contributed by atoms with Crippen LogP contribution in [0.1, 0.15) is 62.2 Å². The molecular weight excluding hydrogens is 813 g/mol. The minimum Gasteiger partial charge on any atom is -0.451 e. The van der Waals surface area contributed by atoms with Gasteiger partial charge in [-0.1, -0.05) is 42.3 Å². The Morgan fingerprint density at radius 2 is 1.53 bits per heavy atom. The summed E-state index contributed by atoms with van der Waals surface area (Å²) in [5.74, 6) is -2.12. The lowest BCUT2D eigenvalue weighted by atomic mass is 10.1. The van der Waals surface area contributed by atoms with Crippen LogP contribution in [0.5, 0.6) is 5.75 Å². The first kappa shape index (κ1) is 45.9. The van der Waals surface area contributed by atoms with Crippen molar-refractivity contribution in [3.05, 3.63) is 98.8 Å². The Bertz CT molecular complexity index is 2080. The summed E-state index contributed by atoms with van der Waals surface area (Å²) in [6.45, 7) is 5.81. The molecule has 0 bridgehead atoms. The third-order valence-corrected chi connectivity index (χ3v) is 10.4. The van der Waals surface area contributed by atoms with Gasteiger partial charge >= 0.3 is 25.6 Å². The largest absolute Gasteiger partial charge is 0.534 e. The van der Waals surface area contributed by atoms with Gasteiger partial charge in [-0.2, -0.15) is 0 Å². The van der Waals surface area contributed by atoms with Crippen molar-refractivity contribution in [2.75, 3.05) is 40.1 Å². The van der Waals surface area contributed by atoms with Gasteiger partial charge in [0, 0.05) is 32.2 Å². The number of phosphoric ester groups is 1. The number of methoxy groups -OCH3 is 1. The molecule has 3 heterocycles. The van der Waals surface area contributed by atoms with Crippen LogP contribution < -0.4 is 15.8 Å². The van der Waals surface area contributed by atoms with Gasteiger partial charge in [-0.3, -0.25) is 37.4 Å². The van der Waals surface area contributed by atoms with Crippen molar-refractivity contribution >= 4 is 31.8 Å². The van der Waals surface area contributed by atoms with E-state index < -0.39 is 73.7 Å². The molecule has 0 aliphatic carbocycles. The van der Waals surface area contributed by atoms with Crippen LogP contribution in [0.3, 0.4) is 0 Å². The second-order valence-electron chi connectivity index (χ2n) is 13.5. The Kier molecular flexibility index (Phi) is 16.7. The van der Waals surface area contributed by atoms with Crippen molar-refractivity contribution in [1.82, 2.24) is 14.2 Å². The third kappa shape index (κ3) is 12.4. The van der Waals surface area contributed by atoms with Crippen molar-refractivity contribution < 1.29 is 70.6 Å². The fourth-order valence-corrected chi connectivity index (χ4v) is 7.57. The number of carbonyl (C=O) groups excluding carboxylic acids is 4. The highest BCUT2D eigenvalue weighted by Crippen LogP contribution is 2.54. The zero-order valence-corrected chi connectivity index (χ0v) is 34.4. The van der Waals surface area contributed by atoms with Crippen LogP contribution in [0.25, 0.3) is 0 Å². The summed E-state index contributed by atoms with van der Waals surface area (Å²) in [5.41, 5.74) is -0.807. The van der Waals surface area contributed by atoms with Gasteiger partial charge in [-0.05, 0) is 50.1 Å². The second-order valence-corrected chi connectivity index (χ2v) is 15.0. The molecule has 2 aromatic carbocycles. The lowest BCUT2D eigenvalue weighted by molar-refractivity contribution is -0.177. The normalized spacial score (nSPS) is 20.0. The number of ether oxygens (including phenoxy) is 6. The number of carbonyl (C=O) groups is 4. The zero-order chi connectivity index (χ0) is 43.2. The Morgan fingerprint density at radius 3 is 2.18 bits per heavy atom. The van der Waals surface area contributed by atoms with Crippen LogP contribution in [0.4, 0.5) is 4.79 Å². The maximum atomic E-state index is 14.5. The van der Waals surface area contributed by atoms with Gasteiger partial charge in [0.25, 0.3) is 17.4 Å². The molecule has 2 aliphatic heterocycles. The average molecular weight is 862 g/mol. The highest BCUT2D eigenvalue weighted by Gasteiger charge is 2.53. The molecule has 2 fully saturated rings. The Balaban J connectivity index is 1.35. The molecule has 3 aromatic rings. The maximum absolute atomic E-state index is 14.5. The van der Waals surface area contributed by atoms with Crippen molar-refractivity contribution in [2.24, 2.45) is 0 Å². The van der Waals surface area contributed by atoms with E-state index in [2.05, 4.69) is 0 Å². The molecule has 0 spiro atoms. The molecule has 0 saturated carbocycles. The van der Waals surface area contributed by atoms with Crippen LogP contribution in [-0.2, 0) is 69.6 Å². The molecule has 326 valence electrons. The highest BCUT2D eigenvalue weighted by molar-refractivity contribution is 7.49. The van der Waals surface area contributed by atoms with E-state index in [0.717, 1.165) is 15.2 Å². The standard InChI is InChI=1S/C39H48N3O17P/c1-5-30-34(59-60(49,57-26(2)3)58-29-13-11-27(12-14-29)25-53-39(48)56-42-32(44)15-16-33(42)45)35(55-37(46)28-9-7-6-8-10-28)36(54-30)41-18-17-31(43)40(38(41)47)19-20-51-23-24-52-22-21-50-4/h6-14,17-18,26,30,34-36H,5,15-16,19-25H2,1-4H3/t30-,34?,35?,36-,60?/m1/s1. The van der Waals surface area contributed by atoms with E-state index in [1.807, 2.05) is 0 Å². The Morgan fingerprint density at radius 1 is 0.867 bits per heavy atom. The van der Waals surface area contributed by atoms with Crippen LogP contribution in [0, 0.1) is 0 Å². The second kappa shape index (κ2) is 21.9. The highest BCUT2D eigenvalue weighted by atomic mass is 31.2. The molecule has 1 aromatic heterocycles. The number of hydrogen-bond acceptors (Lipinski definition) is 17. The van der Waals surface area contributed by atoms with Crippen LogP contribution in [0.15, 0.2) is 76.4 Å². The number of phosphoric acid groups is 1. The third-order valence-electron chi connectivity index (χ3n) is 8.83. The molecule has 21 heteroatoms. The van der Waals surface area contributed by atoms with Crippen LogP contribution in [0.2, 0.25) is 0 Å². The molecule has 60 heavy (non-hydrogen) atoms. The Hall–Kier alpha value is -5.21. The number of aromatic nitrogens is 2. The van der Waals surface area contributed by atoms with E-state index in [4.69, 9.17) is 46.8 Å². The van der Waals surface area contributed by atoms with Gasteiger partial charge in [0.2, 0.25) is 0 Å². The summed E-state index contributed by atoms with van der Waals surface area (Å²) in [4.78, 5) is 80.6.